The summed E-state index contributed by atoms with van der Waals surface area (Å²) >= 11 is 0. The smallest absolute Gasteiger partial charge is 0.0143 e. The molecule has 0 unspecified atom stereocenters. The molecule has 0 aromatic carbocycles. The van der Waals surface area contributed by atoms with Gasteiger partial charge in [0.05, 0.1) is 0 Å². The highest BCUT2D eigenvalue weighted by atomic mass is 15.1. The van der Waals surface area contributed by atoms with Crippen LogP contribution in [0.1, 0.15) is 34.1 Å². The van der Waals surface area contributed by atoms with E-state index >= 15 is 0 Å². The standard InChI is InChI=1S/C9H20N2/c1-8(2)7-9(3,4)11-6-5-10-8/h10-11H,5-7H2,1-4H3. The van der Waals surface area contributed by atoms with Crippen molar-refractivity contribution >= 4 is 0 Å². The van der Waals surface area contributed by atoms with Gasteiger partial charge >= 0.3 is 0 Å². The van der Waals surface area contributed by atoms with Crippen LogP contribution < -0.4 is 10.6 Å². The van der Waals surface area contributed by atoms with Crippen LogP contribution in [0, 0.1) is 0 Å². The molecule has 0 spiro atoms. The first-order valence-corrected chi connectivity index (χ1v) is 4.41. The molecule has 1 saturated heterocycles. The van der Waals surface area contributed by atoms with Gasteiger partial charge in [-0.2, -0.15) is 0 Å². The molecular formula is C9H20N2. The second-order valence-electron chi connectivity index (χ2n) is 4.80. The molecule has 0 aromatic heterocycles. The van der Waals surface area contributed by atoms with Crippen molar-refractivity contribution in [2.45, 2.75) is 45.2 Å². The molecule has 0 atom stereocenters. The van der Waals surface area contributed by atoms with E-state index in [0.717, 1.165) is 13.1 Å². The molecule has 0 saturated carbocycles. The number of hydrogen-bond donors (Lipinski definition) is 2. The Bertz CT molecular complexity index is 122. The topological polar surface area (TPSA) is 24.1 Å². The largest absolute Gasteiger partial charge is 0.310 e. The van der Waals surface area contributed by atoms with Crippen LogP contribution in [-0.2, 0) is 0 Å². The van der Waals surface area contributed by atoms with E-state index in [2.05, 4.69) is 38.3 Å². The maximum atomic E-state index is 3.51. The van der Waals surface area contributed by atoms with Gasteiger partial charge in [-0.15, -0.1) is 0 Å². The van der Waals surface area contributed by atoms with Crippen molar-refractivity contribution in [3.05, 3.63) is 0 Å². The average Bonchev–Trinajstić information content (AvgIpc) is 1.86. The zero-order valence-electron chi connectivity index (χ0n) is 8.12. The van der Waals surface area contributed by atoms with Crippen LogP contribution in [0.5, 0.6) is 0 Å². The first-order valence-electron chi connectivity index (χ1n) is 4.41. The average molecular weight is 156 g/mol. The van der Waals surface area contributed by atoms with Crippen molar-refractivity contribution < 1.29 is 0 Å². The molecule has 1 aliphatic rings. The molecular weight excluding hydrogens is 136 g/mol. The second-order valence-corrected chi connectivity index (χ2v) is 4.80. The molecule has 66 valence electrons. The highest BCUT2D eigenvalue weighted by Gasteiger charge is 2.29. The molecule has 0 radical (unpaired) electrons. The van der Waals surface area contributed by atoms with Gasteiger partial charge in [-0.3, -0.25) is 0 Å². The molecule has 0 amide bonds. The lowest BCUT2D eigenvalue weighted by molar-refractivity contribution is 0.295. The van der Waals surface area contributed by atoms with E-state index < -0.39 is 0 Å². The fraction of sp³-hybridized carbons (Fsp3) is 1.00. The molecule has 2 heteroatoms. The number of nitrogens with one attached hydrogen (secondary N) is 2. The number of rotatable bonds is 0. The monoisotopic (exact) mass is 156 g/mol. The minimum atomic E-state index is 0.285. The van der Waals surface area contributed by atoms with Crippen LogP contribution in [0.2, 0.25) is 0 Å². The van der Waals surface area contributed by atoms with Gasteiger partial charge in [0.2, 0.25) is 0 Å². The third kappa shape index (κ3) is 2.80. The summed E-state index contributed by atoms with van der Waals surface area (Å²) in [5.74, 6) is 0. The Morgan fingerprint density at radius 1 is 0.818 bits per heavy atom. The maximum absolute atomic E-state index is 3.51. The highest BCUT2D eigenvalue weighted by Crippen LogP contribution is 2.20. The SMILES string of the molecule is CC1(C)CC(C)(C)NCCN1. The van der Waals surface area contributed by atoms with Crippen LogP contribution in [0.25, 0.3) is 0 Å². The molecule has 0 aromatic rings. The lowest BCUT2D eigenvalue weighted by Crippen LogP contribution is -2.45. The molecule has 1 fully saturated rings. The lowest BCUT2D eigenvalue weighted by Gasteiger charge is -2.32. The van der Waals surface area contributed by atoms with E-state index in [1.807, 2.05) is 0 Å². The summed E-state index contributed by atoms with van der Waals surface area (Å²) in [5.41, 5.74) is 0.569. The van der Waals surface area contributed by atoms with Crippen LogP contribution in [-0.4, -0.2) is 24.2 Å². The molecule has 1 heterocycles. The van der Waals surface area contributed by atoms with E-state index in [4.69, 9.17) is 0 Å². The Morgan fingerprint density at radius 2 is 1.18 bits per heavy atom. The fourth-order valence-corrected chi connectivity index (χ4v) is 2.03. The summed E-state index contributed by atoms with van der Waals surface area (Å²) in [5, 5.41) is 7.03. The Hall–Kier alpha value is -0.0800. The Labute approximate surface area is 69.8 Å². The van der Waals surface area contributed by atoms with Gasteiger partial charge < -0.3 is 10.6 Å². The fourth-order valence-electron chi connectivity index (χ4n) is 2.03. The first kappa shape index (κ1) is 9.01. The zero-order valence-corrected chi connectivity index (χ0v) is 8.12. The summed E-state index contributed by atoms with van der Waals surface area (Å²) in [7, 11) is 0. The molecule has 2 N–H and O–H groups in total. The van der Waals surface area contributed by atoms with Gasteiger partial charge in [0.25, 0.3) is 0 Å². The Balaban J connectivity index is 2.62. The quantitative estimate of drug-likeness (QED) is 0.549. The first-order chi connectivity index (χ1) is 4.91. The lowest BCUT2D eigenvalue weighted by atomic mass is 9.88. The van der Waals surface area contributed by atoms with Crippen LogP contribution in [0.15, 0.2) is 0 Å². The van der Waals surface area contributed by atoms with Crippen molar-refractivity contribution in [3.63, 3.8) is 0 Å². The molecule has 2 nitrogen and oxygen atoms in total. The van der Waals surface area contributed by atoms with Gasteiger partial charge in [-0.1, -0.05) is 0 Å². The predicted octanol–water partition coefficient (Wildman–Crippen LogP) is 1.13. The molecule has 11 heavy (non-hydrogen) atoms. The summed E-state index contributed by atoms with van der Waals surface area (Å²) < 4.78 is 0. The maximum Gasteiger partial charge on any atom is 0.0143 e. The predicted molar refractivity (Wildman–Crippen MR) is 48.8 cm³/mol. The van der Waals surface area contributed by atoms with Crippen molar-refractivity contribution in [1.82, 2.24) is 10.6 Å². The van der Waals surface area contributed by atoms with Crippen molar-refractivity contribution in [2.24, 2.45) is 0 Å². The van der Waals surface area contributed by atoms with Crippen LogP contribution in [0.4, 0.5) is 0 Å². The minimum absolute atomic E-state index is 0.285. The number of hydrogen-bond acceptors (Lipinski definition) is 2. The van der Waals surface area contributed by atoms with E-state index in [1.54, 1.807) is 0 Å². The van der Waals surface area contributed by atoms with Crippen molar-refractivity contribution in [2.75, 3.05) is 13.1 Å². The van der Waals surface area contributed by atoms with Crippen molar-refractivity contribution in [1.29, 1.82) is 0 Å². The third-order valence-electron chi connectivity index (χ3n) is 2.22. The zero-order chi connectivity index (χ0) is 8.54. The van der Waals surface area contributed by atoms with Gasteiger partial charge in [0.1, 0.15) is 0 Å². The van der Waals surface area contributed by atoms with E-state index in [0.29, 0.717) is 0 Å². The van der Waals surface area contributed by atoms with E-state index in [-0.39, 0.29) is 11.1 Å². The molecule has 1 aliphatic heterocycles. The van der Waals surface area contributed by atoms with Gasteiger partial charge in [0.15, 0.2) is 0 Å². The normalized spacial score (nSPS) is 29.5. The molecule has 0 bridgehead atoms. The Kier molecular flexibility index (Phi) is 2.26. The second kappa shape index (κ2) is 2.76. The van der Waals surface area contributed by atoms with Crippen LogP contribution >= 0.6 is 0 Å². The van der Waals surface area contributed by atoms with Gasteiger partial charge in [-0.05, 0) is 34.1 Å². The molecule has 1 rings (SSSR count). The van der Waals surface area contributed by atoms with Gasteiger partial charge in [-0.25, -0.2) is 0 Å². The van der Waals surface area contributed by atoms with E-state index in [9.17, 15) is 0 Å². The van der Waals surface area contributed by atoms with Crippen LogP contribution in [0.3, 0.4) is 0 Å². The van der Waals surface area contributed by atoms with Crippen molar-refractivity contribution in [3.8, 4) is 0 Å². The summed E-state index contributed by atoms with van der Waals surface area (Å²) in [6.45, 7) is 11.2. The van der Waals surface area contributed by atoms with E-state index in [1.165, 1.54) is 6.42 Å². The minimum Gasteiger partial charge on any atom is -0.310 e. The summed E-state index contributed by atoms with van der Waals surface area (Å²) in [4.78, 5) is 0. The third-order valence-corrected chi connectivity index (χ3v) is 2.22. The highest BCUT2D eigenvalue weighted by molar-refractivity contribution is 4.92. The molecule has 0 aliphatic carbocycles. The summed E-state index contributed by atoms with van der Waals surface area (Å²) in [6.07, 6.45) is 1.18. The Morgan fingerprint density at radius 3 is 1.55 bits per heavy atom. The van der Waals surface area contributed by atoms with Gasteiger partial charge in [0, 0.05) is 24.2 Å². The summed E-state index contributed by atoms with van der Waals surface area (Å²) in [6, 6.07) is 0.